The molecule has 0 bridgehead atoms. The number of nitrogens with zero attached hydrogens (tertiary/aromatic N) is 2. The highest BCUT2D eigenvalue weighted by atomic mass is 79.9. The Bertz CT molecular complexity index is 790. The van der Waals surface area contributed by atoms with E-state index in [1.54, 1.807) is 0 Å². The SMILES string of the molecule is Cc1cc(Br)cc(C)c1N1C=C2C(=O)NC(N3CCOC4CC43)NC2N1. The molecule has 2 saturated heterocycles. The Morgan fingerprint density at radius 2 is 2.04 bits per heavy atom. The average molecular weight is 420 g/mol. The molecular weight excluding hydrogens is 398 g/mol. The first kappa shape index (κ1) is 16.7. The highest BCUT2D eigenvalue weighted by Crippen LogP contribution is 2.36. The van der Waals surface area contributed by atoms with Crippen LogP contribution in [0.1, 0.15) is 17.5 Å². The molecule has 3 N–H and O–H groups in total. The van der Waals surface area contributed by atoms with Gasteiger partial charge in [0.2, 0.25) is 0 Å². The molecule has 4 atom stereocenters. The fourth-order valence-corrected chi connectivity index (χ4v) is 4.94. The summed E-state index contributed by atoms with van der Waals surface area (Å²) >= 11 is 3.54. The van der Waals surface area contributed by atoms with E-state index in [0.29, 0.717) is 17.7 Å². The van der Waals surface area contributed by atoms with Gasteiger partial charge < -0.3 is 10.1 Å². The summed E-state index contributed by atoms with van der Waals surface area (Å²) in [5.41, 5.74) is 7.51. The maximum Gasteiger partial charge on any atom is 0.254 e. The van der Waals surface area contributed by atoms with Gasteiger partial charge in [-0.05, 0) is 43.5 Å². The van der Waals surface area contributed by atoms with Crippen LogP contribution in [0.25, 0.3) is 0 Å². The molecule has 4 unspecified atom stereocenters. The number of amides is 1. The highest BCUT2D eigenvalue weighted by molar-refractivity contribution is 9.10. The molecule has 3 fully saturated rings. The van der Waals surface area contributed by atoms with Gasteiger partial charge in [0.25, 0.3) is 5.91 Å². The van der Waals surface area contributed by atoms with Crippen LogP contribution in [0.2, 0.25) is 0 Å². The predicted molar refractivity (Wildman–Crippen MR) is 101 cm³/mol. The number of carbonyl (C=O) groups excluding carboxylic acids is 1. The van der Waals surface area contributed by atoms with Crippen LogP contribution in [0.15, 0.2) is 28.4 Å². The van der Waals surface area contributed by atoms with E-state index < -0.39 is 0 Å². The van der Waals surface area contributed by atoms with Crippen LogP contribution in [0.3, 0.4) is 0 Å². The lowest BCUT2D eigenvalue weighted by Gasteiger charge is -2.40. The van der Waals surface area contributed by atoms with Crippen LogP contribution < -0.4 is 21.1 Å². The minimum absolute atomic E-state index is 0.0233. The minimum Gasteiger partial charge on any atom is -0.375 e. The first-order valence-electron chi connectivity index (χ1n) is 8.99. The van der Waals surface area contributed by atoms with Gasteiger partial charge in [0, 0.05) is 23.3 Å². The first-order valence-corrected chi connectivity index (χ1v) is 9.79. The third-order valence-electron chi connectivity index (χ3n) is 5.54. The van der Waals surface area contributed by atoms with E-state index in [1.165, 1.54) is 0 Å². The third kappa shape index (κ3) is 2.68. The maximum absolute atomic E-state index is 12.7. The van der Waals surface area contributed by atoms with Crippen molar-refractivity contribution in [3.63, 3.8) is 0 Å². The molecule has 3 aliphatic heterocycles. The van der Waals surface area contributed by atoms with E-state index in [2.05, 4.69) is 62.9 Å². The molecular formula is C18H22BrN5O2. The molecule has 7 nitrogen and oxygen atoms in total. The van der Waals surface area contributed by atoms with E-state index in [1.807, 2.05) is 11.2 Å². The van der Waals surface area contributed by atoms with Crippen molar-refractivity contribution in [1.29, 1.82) is 0 Å². The zero-order valence-electron chi connectivity index (χ0n) is 14.8. The summed E-state index contributed by atoms with van der Waals surface area (Å²) in [4.78, 5) is 15.0. The Kier molecular flexibility index (Phi) is 3.88. The lowest BCUT2D eigenvalue weighted by molar-refractivity contribution is -0.123. The maximum atomic E-state index is 12.7. The first-order chi connectivity index (χ1) is 12.5. The van der Waals surface area contributed by atoms with Crippen LogP contribution in [-0.2, 0) is 9.53 Å². The molecule has 1 aromatic carbocycles. The molecule has 0 radical (unpaired) electrons. The lowest BCUT2D eigenvalue weighted by atomic mass is 10.1. The quantitative estimate of drug-likeness (QED) is 0.666. The van der Waals surface area contributed by atoms with E-state index in [9.17, 15) is 4.79 Å². The fraction of sp³-hybridized carbons (Fsp3) is 0.500. The second-order valence-electron chi connectivity index (χ2n) is 7.40. The number of aryl methyl sites for hydroxylation is 2. The summed E-state index contributed by atoms with van der Waals surface area (Å²) < 4.78 is 6.73. The van der Waals surface area contributed by atoms with Gasteiger partial charge in [-0.25, -0.2) is 5.43 Å². The topological polar surface area (TPSA) is 68.9 Å². The van der Waals surface area contributed by atoms with Gasteiger partial charge in [-0.15, -0.1) is 0 Å². The number of hydrogen-bond donors (Lipinski definition) is 3. The van der Waals surface area contributed by atoms with Gasteiger partial charge in [0.1, 0.15) is 12.5 Å². The summed E-state index contributed by atoms with van der Waals surface area (Å²) in [5, 5.41) is 8.60. The van der Waals surface area contributed by atoms with Crippen molar-refractivity contribution >= 4 is 27.5 Å². The van der Waals surface area contributed by atoms with Crippen molar-refractivity contribution in [3.8, 4) is 0 Å². The van der Waals surface area contributed by atoms with E-state index in [0.717, 1.165) is 40.9 Å². The second kappa shape index (κ2) is 6.03. The number of anilines is 1. The molecule has 138 valence electrons. The Balaban J connectivity index is 1.38. The predicted octanol–water partition coefficient (Wildman–Crippen LogP) is 1.08. The molecule has 1 aromatic rings. The molecule has 5 rings (SSSR count). The van der Waals surface area contributed by atoms with E-state index in [-0.39, 0.29) is 18.4 Å². The standard InChI is InChI=1S/C18H22BrN5O2/c1-9-5-11(19)6-10(2)15(9)24-8-12-16(22-24)20-18(21-17(12)25)23-3-4-26-14-7-13(14)23/h5-6,8,13-14,16,18,20,22H,3-4,7H2,1-2H3,(H,21,25). The Morgan fingerprint density at radius 3 is 2.81 bits per heavy atom. The molecule has 4 aliphatic rings. The van der Waals surface area contributed by atoms with Crippen molar-refractivity contribution in [2.45, 2.75) is 44.9 Å². The third-order valence-corrected chi connectivity index (χ3v) is 6.00. The fourth-order valence-electron chi connectivity index (χ4n) is 4.26. The monoisotopic (exact) mass is 419 g/mol. The normalized spacial score (nSPS) is 33.4. The number of rotatable bonds is 2. The van der Waals surface area contributed by atoms with Crippen molar-refractivity contribution in [1.82, 2.24) is 21.0 Å². The smallest absolute Gasteiger partial charge is 0.254 e. The molecule has 1 aliphatic carbocycles. The van der Waals surface area contributed by atoms with Crippen LogP contribution in [0.5, 0.6) is 0 Å². The molecule has 0 aromatic heterocycles. The Morgan fingerprint density at radius 1 is 1.27 bits per heavy atom. The summed E-state index contributed by atoms with van der Waals surface area (Å²) in [5.74, 6) is -0.0233. The molecule has 1 amide bonds. The number of nitrogens with one attached hydrogen (secondary N) is 3. The molecule has 3 heterocycles. The van der Waals surface area contributed by atoms with Gasteiger partial charge in [-0.3, -0.25) is 20.0 Å². The highest BCUT2D eigenvalue weighted by Gasteiger charge is 2.50. The summed E-state index contributed by atoms with van der Waals surface area (Å²) in [6.45, 7) is 5.71. The zero-order valence-corrected chi connectivity index (χ0v) is 16.3. The van der Waals surface area contributed by atoms with Crippen LogP contribution >= 0.6 is 15.9 Å². The number of morpholine rings is 1. The van der Waals surface area contributed by atoms with Gasteiger partial charge in [0.05, 0.1) is 24.0 Å². The number of halogens is 1. The number of carbonyl (C=O) groups is 1. The Labute approximate surface area is 160 Å². The number of hydrogen-bond acceptors (Lipinski definition) is 6. The molecule has 1 saturated carbocycles. The van der Waals surface area contributed by atoms with Crippen molar-refractivity contribution in [2.24, 2.45) is 0 Å². The number of ether oxygens (including phenoxy) is 1. The zero-order chi connectivity index (χ0) is 18.0. The summed E-state index contributed by atoms with van der Waals surface area (Å²) in [6, 6.07) is 4.59. The summed E-state index contributed by atoms with van der Waals surface area (Å²) in [7, 11) is 0. The van der Waals surface area contributed by atoms with Gasteiger partial charge in [-0.2, -0.15) is 0 Å². The molecule has 26 heavy (non-hydrogen) atoms. The molecule has 8 heteroatoms. The van der Waals surface area contributed by atoms with E-state index >= 15 is 0 Å². The lowest BCUT2D eigenvalue weighted by Crippen LogP contribution is -2.68. The second-order valence-corrected chi connectivity index (χ2v) is 8.31. The van der Waals surface area contributed by atoms with Gasteiger partial charge in [0.15, 0.2) is 0 Å². The summed E-state index contributed by atoms with van der Waals surface area (Å²) in [6.07, 6.45) is 2.92. The van der Waals surface area contributed by atoms with Crippen molar-refractivity contribution in [2.75, 3.05) is 18.2 Å². The number of benzene rings is 1. The van der Waals surface area contributed by atoms with Crippen molar-refractivity contribution < 1.29 is 9.53 Å². The number of fused-ring (bicyclic) bond motifs is 2. The largest absolute Gasteiger partial charge is 0.375 e. The van der Waals surface area contributed by atoms with Gasteiger partial charge >= 0.3 is 0 Å². The molecule has 0 spiro atoms. The van der Waals surface area contributed by atoms with Crippen molar-refractivity contribution in [3.05, 3.63) is 39.5 Å². The van der Waals surface area contributed by atoms with Crippen LogP contribution in [0, 0.1) is 13.8 Å². The number of hydrazine groups is 1. The van der Waals surface area contributed by atoms with Gasteiger partial charge in [-0.1, -0.05) is 15.9 Å². The average Bonchev–Trinajstić information content (AvgIpc) is 3.25. The van der Waals surface area contributed by atoms with E-state index in [4.69, 9.17) is 4.74 Å². The van der Waals surface area contributed by atoms with Crippen LogP contribution in [-0.4, -0.2) is 48.6 Å². The minimum atomic E-state index is -0.198. The Hall–Kier alpha value is -1.45. The van der Waals surface area contributed by atoms with Crippen LogP contribution in [0.4, 0.5) is 5.69 Å².